The molecular weight excluding hydrogens is 424 g/mol. The second-order valence-corrected chi connectivity index (χ2v) is 9.31. The van der Waals surface area contributed by atoms with Gasteiger partial charge in [-0.05, 0) is 42.2 Å². The summed E-state index contributed by atoms with van der Waals surface area (Å²) in [5, 5.41) is 0. The number of esters is 1. The molecule has 0 N–H and O–H groups in total. The molecule has 0 bridgehead atoms. The SMILES string of the molecule is C=C[C@H](C(=O)OC)[C@H]1CC(COCc2ccccc2)(COCc2ccccc2)C[C@@H]1/C=C/CC. The van der Waals surface area contributed by atoms with Gasteiger partial charge < -0.3 is 14.2 Å². The molecule has 2 aromatic carbocycles. The lowest BCUT2D eigenvalue weighted by Gasteiger charge is -2.30. The lowest BCUT2D eigenvalue weighted by atomic mass is 9.82. The van der Waals surface area contributed by atoms with E-state index in [-0.39, 0.29) is 29.1 Å². The van der Waals surface area contributed by atoms with E-state index < -0.39 is 0 Å². The Morgan fingerprint density at radius 1 is 1.00 bits per heavy atom. The largest absolute Gasteiger partial charge is 0.469 e. The number of benzene rings is 2. The van der Waals surface area contributed by atoms with Gasteiger partial charge >= 0.3 is 5.97 Å². The first-order chi connectivity index (χ1) is 16.6. The van der Waals surface area contributed by atoms with Gasteiger partial charge in [-0.1, -0.05) is 85.8 Å². The smallest absolute Gasteiger partial charge is 0.312 e. The van der Waals surface area contributed by atoms with Crippen molar-refractivity contribution in [2.75, 3.05) is 20.3 Å². The molecule has 0 aromatic heterocycles. The summed E-state index contributed by atoms with van der Waals surface area (Å²) in [6.45, 7) is 8.36. The monoisotopic (exact) mass is 462 g/mol. The summed E-state index contributed by atoms with van der Waals surface area (Å²) in [4.78, 5) is 12.6. The van der Waals surface area contributed by atoms with Crippen molar-refractivity contribution in [2.24, 2.45) is 23.2 Å². The van der Waals surface area contributed by atoms with Crippen molar-refractivity contribution in [3.8, 4) is 0 Å². The normalized spacial score (nSPS) is 20.3. The molecule has 0 radical (unpaired) electrons. The van der Waals surface area contributed by atoms with Gasteiger partial charge in [-0.3, -0.25) is 4.79 Å². The van der Waals surface area contributed by atoms with Crippen molar-refractivity contribution < 1.29 is 19.0 Å². The van der Waals surface area contributed by atoms with E-state index in [0.29, 0.717) is 26.4 Å². The van der Waals surface area contributed by atoms with E-state index >= 15 is 0 Å². The van der Waals surface area contributed by atoms with E-state index in [1.54, 1.807) is 6.08 Å². The quantitative estimate of drug-likeness (QED) is 0.256. The Kier molecular flexibility index (Phi) is 10.1. The van der Waals surface area contributed by atoms with E-state index in [1.165, 1.54) is 7.11 Å². The van der Waals surface area contributed by atoms with Gasteiger partial charge in [0.15, 0.2) is 0 Å². The minimum atomic E-state index is -0.346. The molecule has 1 aliphatic carbocycles. The molecule has 182 valence electrons. The van der Waals surface area contributed by atoms with Crippen LogP contribution in [0.1, 0.15) is 37.3 Å². The first-order valence-corrected chi connectivity index (χ1v) is 12.2. The maximum Gasteiger partial charge on any atom is 0.312 e. The van der Waals surface area contributed by atoms with Crippen LogP contribution in [-0.4, -0.2) is 26.3 Å². The van der Waals surface area contributed by atoms with Gasteiger partial charge in [0, 0.05) is 5.41 Å². The number of methoxy groups -OCH3 is 1. The topological polar surface area (TPSA) is 44.8 Å². The minimum absolute atomic E-state index is 0.105. The van der Waals surface area contributed by atoms with Crippen LogP contribution < -0.4 is 0 Å². The average molecular weight is 463 g/mol. The van der Waals surface area contributed by atoms with E-state index in [1.807, 2.05) is 36.4 Å². The highest BCUT2D eigenvalue weighted by atomic mass is 16.5. The number of carbonyl (C=O) groups is 1. The van der Waals surface area contributed by atoms with Crippen molar-refractivity contribution in [1.29, 1.82) is 0 Å². The van der Waals surface area contributed by atoms with Crippen molar-refractivity contribution in [3.05, 3.63) is 96.6 Å². The zero-order valence-corrected chi connectivity index (χ0v) is 20.5. The molecule has 1 aliphatic rings. The van der Waals surface area contributed by atoms with Crippen LogP contribution in [0.25, 0.3) is 0 Å². The summed E-state index contributed by atoms with van der Waals surface area (Å²) < 4.78 is 17.6. The number of hydrogen-bond donors (Lipinski definition) is 0. The summed E-state index contributed by atoms with van der Waals surface area (Å²) in [5.41, 5.74) is 2.11. The average Bonchev–Trinajstić information content (AvgIpc) is 3.22. The third kappa shape index (κ3) is 7.15. The van der Waals surface area contributed by atoms with Gasteiger partial charge in [0.05, 0.1) is 39.5 Å². The zero-order chi connectivity index (χ0) is 24.2. The molecule has 3 atom stereocenters. The first kappa shape index (κ1) is 25.9. The molecule has 4 heteroatoms. The first-order valence-electron chi connectivity index (χ1n) is 12.2. The molecule has 0 unspecified atom stereocenters. The summed E-state index contributed by atoms with van der Waals surface area (Å²) in [5.74, 6) is -0.223. The van der Waals surface area contributed by atoms with Gasteiger partial charge in [-0.2, -0.15) is 0 Å². The Balaban J connectivity index is 1.78. The van der Waals surface area contributed by atoms with E-state index in [2.05, 4.69) is 49.9 Å². The molecule has 0 saturated heterocycles. The number of allylic oxidation sites excluding steroid dienone is 2. The van der Waals surface area contributed by atoms with Crippen LogP contribution in [-0.2, 0) is 32.2 Å². The van der Waals surface area contributed by atoms with Crippen molar-refractivity contribution in [2.45, 2.75) is 39.4 Å². The number of carbonyl (C=O) groups excluding carboxylic acids is 1. The van der Waals surface area contributed by atoms with Gasteiger partial charge in [-0.25, -0.2) is 0 Å². The number of hydrogen-bond acceptors (Lipinski definition) is 4. The number of ether oxygens (including phenoxy) is 3. The van der Waals surface area contributed by atoms with E-state index in [4.69, 9.17) is 14.2 Å². The fraction of sp³-hybridized carbons (Fsp3) is 0.433. The molecule has 0 heterocycles. The van der Waals surface area contributed by atoms with Crippen molar-refractivity contribution in [1.82, 2.24) is 0 Å². The number of rotatable bonds is 13. The lowest BCUT2D eigenvalue weighted by Crippen LogP contribution is -2.31. The molecule has 1 fully saturated rings. The van der Waals surface area contributed by atoms with Crippen molar-refractivity contribution in [3.63, 3.8) is 0 Å². The molecule has 2 aromatic rings. The molecule has 34 heavy (non-hydrogen) atoms. The van der Waals surface area contributed by atoms with Gasteiger partial charge in [0.2, 0.25) is 0 Å². The highest BCUT2D eigenvalue weighted by molar-refractivity contribution is 5.74. The Morgan fingerprint density at radius 3 is 2.03 bits per heavy atom. The Bertz CT molecular complexity index is 860. The van der Waals surface area contributed by atoms with Crippen LogP contribution in [0, 0.1) is 23.2 Å². The lowest BCUT2D eigenvalue weighted by molar-refractivity contribution is -0.145. The van der Waals surface area contributed by atoms with Gasteiger partial charge in [-0.15, -0.1) is 6.58 Å². The van der Waals surface area contributed by atoms with Crippen LogP contribution in [0.2, 0.25) is 0 Å². The predicted octanol–water partition coefficient (Wildman–Crippen LogP) is 6.37. The zero-order valence-electron chi connectivity index (χ0n) is 20.5. The third-order valence-electron chi connectivity index (χ3n) is 6.73. The fourth-order valence-corrected chi connectivity index (χ4v) is 5.08. The molecule has 0 aliphatic heterocycles. The maximum absolute atomic E-state index is 12.6. The Hall–Kier alpha value is -2.69. The Labute approximate surface area is 204 Å². The Morgan fingerprint density at radius 2 is 1.56 bits per heavy atom. The molecular formula is C30H38O4. The summed E-state index contributed by atoms with van der Waals surface area (Å²) >= 11 is 0. The second kappa shape index (κ2) is 13.3. The van der Waals surface area contributed by atoms with Gasteiger partial charge in [0.1, 0.15) is 0 Å². The summed E-state index contributed by atoms with van der Waals surface area (Å²) in [6, 6.07) is 20.4. The maximum atomic E-state index is 12.6. The van der Waals surface area contributed by atoms with E-state index in [9.17, 15) is 4.79 Å². The molecule has 0 amide bonds. The van der Waals surface area contributed by atoms with Crippen LogP contribution in [0.3, 0.4) is 0 Å². The van der Waals surface area contributed by atoms with E-state index in [0.717, 1.165) is 30.4 Å². The van der Waals surface area contributed by atoms with Crippen molar-refractivity contribution >= 4 is 5.97 Å². The highest BCUT2D eigenvalue weighted by Gasteiger charge is 2.48. The molecule has 4 nitrogen and oxygen atoms in total. The van der Waals surface area contributed by atoms with Crippen LogP contribution in [0.4, 0.5) is 0 Å². The predicted molar refractivity (Wildman–Crippen MR) is 136 cm³/mol. The van der Waals surface area contributed by atoms with Crippen LogP contribution in [0.15, 0.2) is 85.5 Å². The standard InChI is InChI=1S/C30H38O4/c1-4-6-17-26-18-30(19-28(26)27(5-2)29(31)32-3,22-33-20-24-13-9-7-10-14-24)23-34-21-25-15-11-8-12-16-25/h5-17,26-28H,2,4,18-23H2,1,3H3/b17-6+/t26-,27-,28-/m0/s1. The summed E-state index contributed by atoms with van der Waals surface area (Å²) in [6.07, 6.45) is 8.89. The highest BCUT2D eigenvalue weighted by Crippen LogP contribution is 2.50. The van der Waals surface area contributed by atoms with Crippen LogP contribution in [0.5, 0.6) is 0 Å². The second-order valence-electron chi connectivity index (χ2n) is 9.31. The van der Waals surface area contributed by atoms with Crippen LogP contribution >= 0.6 is 0 Å². The minimum Gasteiger partial charge on any atom is -0.469 e. The third-order valence-corrected chi connectivity index (χ3v) is 6.73. The molecule has 1 saturated carbocycles. The fourth-order valence-electron chi connectivity index (χ4n) is 5.08. The molecule has 0 spiro atoms. The van der Waals surface area contributed by atoms with Gasteiger partial charge in [0.25, 0.3) is 0 Å². The summed E-state index contributed by atoms with van der Waals surface area (Å²) in [7, 11) is 1.45. The molecule has 3 rings (SSSR count).